The van der Waals surface area contributed by atoms with E-state index in [9.17, 15) is 4.79 Å². The van der Waals surface area contributed by atoms with Gasteiger partial charge in [-0.1, -0.05) is 12.1 Å². The lowest BCUT2D eigenvalue weighted by molar-refractivity contribution is -0.118. The molecule has 1 aliphatic rings. The van der Waals surface area contributed by atoms with Crippen molar-refractivity contribution in [2.45, 2.75) is 39.1 Å². The third kappa shape index (κ3) is 4.02. The van der Waals surface area contributed by atoms with Crippen LogP contribution in [-0.2, 0) is 11.3 Å². The second-order valence-electron chi connectivity index (χ2n) is 7.89. The highest BCUT2D eigenvalue weighted by atomic mass is 16.5. The summed E-state index contributed by atoms with van der Waals surface area (Å²) in [5.74, 6) is 0.657. The Morgan fingerprint density at radius 2 is 2.14 bits per heavy atom. The fourth-order valence-electron chi connectivity index (χ4n) is 3.72. The van der Waals surface area contributed by atoms with Crippen LogP contribution in [0.3, 0.4) is 0 Å². The topological polar surface area (TPSA) is 56.1 Å². The smallest absolute Gasteiger partial charge is 0.254 e. The zero-order valence-electron chi connectivity index (χ0n) is 16.5. The number of hydrogen-bond donors (Lipinski definition) is 0. The zero-order chi connectivity index (χ0) is 19.7. The first-order chi connectivity index (χ1) is 13.4. The van der Waals surface area contributed by atoms with Crippen LogP contribution in [0.4, 0.5) is 0 Å². The highest BCUT2D eigenvalue weighted by Crippen LogP contribution is 2.23. The molecule has 0 radical (unpaired) electrons. The average Bonchev–Trinajstić information content (AvgIpc) is 3.07. The van der Waals surface area contributed by atoms with E-state index in [1.165, 1.54) is 0 Å². The third-order valence-corrected chi connectivity index (χ3v) is 4.74. The minimum absolute atomic E-state index is 0.00130. The molecule has 1 fully saturated rings. The Morgan fingerprint density at radius 3 is 2.93 bits per heavy atom. The molecule has 0 spiro atoms. The first kappa shape index (κ1) is 18.5. The third-order valence-electron chi connectivity index (χ3n) is 4.74. The Balaban J connectivity index is 1.45. The number of fused-ring (bicyclic) bond motifs is 1. The van der Waals surface area contributed by atoms with Crippen LogP contribution in [0.5, 0.6) is 5.75 Å². The van der Waals surface area contributed by atoms with Crippen molar-refractivity contribution in [2.24, 2.45) is 0 Å². The predicted octanol–water partition coefficient (Wildman–Crippen LogP) is 3.55. The molecule has 0 saturated carbocycles. The maximum Gasteiger partial charge on any atom is 0.254 e. The molecule has 1 aromatic carbocycles. The van der Waals surface area contributed by atoms with Gasteiger partial charge in [-0.15, -0.1) is 0 Å². The maximum atomic E-state index is 13.0. The van der Waals surface area contributed by atoms with Crippen molar-refractivity contribution >= 4 is 11.6 Å². The number of carbonyl (C=O) groups is 1. The summed E-state index contributed by atoms with van der Waals surface area (Å²) >= 11 is 0. The number of hydrogen-bond acceptors (Lipinski definition) is 4. The van der Waals surface area contributed by atoms with Crippen LogP contribution in [0.15, 0.2) is 54.9 Å². The Labute approximate surface area is 164 Å². The van der Waals surface area contributed by atoms with Crippen molar-refractivity contribution in [1.82, 2.24) is 14.3 Å². The molecule has 6 nitrogen and oxygen atoms in total. The number of ether oxygens (including phenoxy) is 2. The summed E-state index contributed by atoms with van der Waals surface area (Å²) in [6.07, 6.45) is 3.92. The molecule has 3 aromatic rings. The summed E-state index contributed by atoms with van der Waals surface area (Å²) in [4.78, 5) is 19.4. The van der Waals surface area contributed by atoms with Crippen LogP contribution in [-0.4, -0.2) is 45.0 Å². The van der Waals surface area contributed by atoms with Gasteiger partial charge in [-0.05, 0) is 51.1 Å². The lowest BCUT2D eigenvalue weighted by atomic mass is 10.0. The lowest BCUT2D eigenvalue weighted by Crippen LogP contribution is -2.53. The molecule has 28 heavy (non-hydrogen) atoms. The van der Waals surface area contributed by atoms with E-state index in [2.05, 4.69) is 4.98 Å². The number of nitrogens with zero attached hydrogens (tertiary/aromatic N) is 3. The van der Waals surface area contributed by atoms with E-state index in [-0.39, 0.29) is 17.6 Å². The van der Waals surface area contributed by atoms with Gasteiger partial charge >= 0.3 is 0 Å². The van der Waals surface area contributed by atoms with Crippen molar-refractivity contribution < 1.29 is 14.3 Å². The van der Waals surface area contributed by atoms with E-state index in [0.717, 1.165) is 11.3 Å². The Bertz CT molecular complexity index is 962. The SMILES string of the molecule is CC1CN(C(=O)c2cccc(OCc3cn4ccccc4n3)c2)CC(C)(C)O1. The average molecular weight is 379 g/mol. The van der Waals surface area contributed by atoms with Crippen molar-refractivity contribution in [3.05, 3.63) is 66.1 Å². The van der Waals surface area contributed by atoms with Gasteiger partial charge in [-0.2, -0.15) is 0 Å². The molecular weight excluding hydrogens is 354 g/mol. The molecule has 1 amide bonds. The van der Waals surface area contributed by atoms with Gasteiger partial charge in [-0.3, -0.25) is 4.79 Å². The summed E-state index contributed by atoms with van der Waals surface area (Å²) in [7, 11) is 0. The number of amides is 1. The molecule has 0 aliphatic carbocycles. The van der Waals surface area contributed by atoms with E-state index in [0.29, 0.717) is 31.0 Å². The highest BCUT2D eigenvalue weighted by molar-refractivity contribution is 5.94. The van der Waals surface area contributed by atoms with Gasteiger partial charge < -0.3 is 18.8 Å². The fraction of sp³-hybridized carbons (Fsp3) is 0.364. The quantitative estimate of drug-likeness (QED) is 0.696. The van der Waals surface area contributed by atoms with Gasteiger partial charge in [0.15, 0.2) is 0 Å². The molecule has 6 heteroatoms. The molecule has 1 unspecified atom stereocenters. The van der Waals surface area contributed by atoms with Gasteiger partial charge in [0.05, 0.1) is 17.4 Å². The minimum atomic E-state index is -0.343. The number of benzene rings is 1. The van der Waals surface area contributed by atoms with Gasteiger partial charge in [-0.25, -0.2) is 4.98 Å². The monoisotopic (exact) mass is 379 g/mol. The Hall–Kier alpha value is -2.86. The largest absolute Gasteiger partial charge is 0.487 e. The molecule has 2 aromatic heterocycles. The van der Waals surface area contributed by atoms with E-state index in [1.54, 1.807) is 6.07 Å². The highest BCUT2D eigenvalue weighted by Gasteiger charge is 2.34. The molecule has 3 heterocycles. The summed E-state index contributed by atoms with van der Waals surface area (Å²) in [5, 5.41) is 0. The second kappa shape index (κ2) is 7.28. The standard InChI is InChI=1S/C22H25N3O3/c1-16-12-25(15-22(2,3)28-16)21(26)17-7-6-8-19(11-17)27-14-18-13-24-10-5-4-9-20(24)23-18/h4-11,13,16H,12,14-15H2,1-3H3. The molecule has 1 aliphatic heterocycles. The number of carbonyl (C=O) groups excluding carboxylic acids is 1. The summed E-state index contributed by atoms with van der Waals surface area (Å²) in [6.45, 7) is 7.53. The number of imidazole rings is 1. The van der Waals surface area contributed by atoms with Gasteiger partial charge in [0.1, 0.15) is 18.0 Å². The van der Waals surface area contributed by atoms with Crippen LogP contribution in [0.1, 0.15) is 36.8 Å². The molecule has 4 rings (SSSR count). The molecule has 1 atom stereocenters. The zero-order valence-corrected chi connectivity index (χ0v) is 16.5. The fourth-order valence-corrected chi connectivity index (χ4v) is 3.72. The van der Waals surface area contributed by atoms with E-state index in [1.807, 2.05) is 78.9 Å². The molecule has 146 valence electrons. The van der Waals surface area contributed by atoms with Crippen molar-refractivity contribution in [3.8, 4) is 5.75 Å². The Morgan fingerprint density at radius 1 is 1.29 bits per heavy atom. The van der Waals surface area contributed by atoms with Crippen molar-refractivity contribution in [2.75, 3.05) is 13.1 Å². The normalized spacial score (nSPS) is 19.0. The summed E-state index contributed by atoms with van der Waals surface area (Å²) < 4.78 is 13.7. The van der Waals surface area contributed by atoms with Crippen LogP contribution < -0.4 is 4.74 Å². The second-order valence-corrected chi connectivity index (χ2v) is 7.89. The van der Waals surface area contributed by atoms with Gasteiger partial charge in [0, 0.05) is 31.0 Å². The number of aromatic nitrogens is 2. The van der Waals surface area contributed by atoms with Crippen LogP contribution in [0.25, 0.3) is 5.65 Å². The summed E-state index contributed by atoms with van der Waals surface area (Å²) in [6, 6.07) is 13.2. The first-order valence-corrected chi connectivity index (χ1v) is 9.52. The lowest BCUT2D eigenvalue weighted by Gasteiger charge is -2.41. The predicted molar refractivity (Wildman–Crippen MR) is 106 cm³/mol. The van der Waals surface area contributed by atoms with Crippen LogP contribution in [0.2, 0.25) is 0 Å². The number of rotatable bonds is 4. The van der Waals surface area contributed by atoms with Gasteiger partial charge in [0.25, 0.3) is 5.91 Å². The molecule has 1 saturated heterocycles. The minimum Gasteiger partial charge on any atom is -0.487 e. The maximum absolute atomic E-state index is 13.0. The van der Waals surface area contributed by atoms with Crippen LogP contribution >= 0.6 is 0 Å². The number of pyridine rings is 1. The number of morpholine rings is 1. The van der Waals surface area contributed by atoms with Crippen LogP contribution in [0, 0.1) is 0 Å². The van der Waals surface area contributed by atoms with E-state index >= 15 is 0 Å². The van der Waals surface area contributed by atoms with E-state index < -0.39 is 0 Å². The molecule has 0 N–H and O–H groups in total. The summed E-state index contributed by atoms with van der Waals surface area (Å²) in [5.41, 5.74) is 2.00. The molecule has 0 bridgehead atoms. The molecular formula is C22H25N3O3. The first-order valence-electron chi connectivity index (χ1n) is 9.52. The van der Waals surface area contributed by atoms with Gasteiger partial charge in [0.2, 0.25) is 0 Å². The Kier molecular flexibility index (Phi) is 4.81. The van der Waals surface area contributed by atoms with E-state index in [4.69, 9.17) is 9.47 Å². The van der Waals surface area contributed by atoms with Crippen molar-refractivity contribution in [1.29, 1.82) is 0 Å². The van der Waals surface area contributed by atoms with Crippen molar-refractivity contribution in [3.63, 3.8) is 0 Å².